The van der Waals surface area contributed by atoms with Gasteiger partial charge in [-0.25, -0.2) is 4.98 Å². The van der Waals surface area contributed by atoms with Gasteiger partial charge in [0, 0.05) is 29.1 Å². The van der Waals surface area contributed by atoms with Gasteiger partial charge in [0.1, 0.15) is 5.01 Å². The highest BCUT2D eigenvalue weighted by atomic mass is 32.1. The molecule has 0 bridgehead atoms. The van der Waals surface area contributed by atoms with Gasteiger partial charge >= 0.3 is 0 Å². The Balaban J connectivity index is 1.58. The molecule has 1 amide bonds. The minimum absolute atomic E-state index is 0.219. The van der Waals surface area contributed by atoms with E-state index < -0.39 is 0 Å². The normalized spacial score (nSPS) is 11.5. The summed E-state index contributed by atoms with van der Waals surface area (Å²) in [7, 11) is 0. The van der Waals surface area contributed by atoms with Crippen molar-refractivity contribution in [3.8, 4) is 0 Å². The van der Waals surface area contributed by atoms with E-state index in [0.717, 1.165) is 41.2 Å². The van der Waals surface area contributed by atoms with E-state index in [9.17, 15) is 9.59 Å². The molecule has 0 saturated heterocycles. The number of nitrogens with one attached hydrogen (secondary N) is 2. The number of hydrogen-bond donors (Lipinski definition) is 2. The van der Waals surface area contributed by atoms with Crippen LogP contribution < -0.4 is 10.9 Å². The van der Waals surface area contributed by atoms with Gasteiger partial charge in [-0.05, 0) is 36.7 Å². The first-order valence-electron chi connectivity index (χ1n) is 9.32. The van der Waals surface area contributed by atoms with Crippen LogP contribution in [-0.4, -0.2) is 33.9 Å². The number of carbonyl (C=O) groups is 1. The van der Waals surface area contributed by atoms with Gasteiger partial charge in [-0.15, -0.1) is 11.3 Å². The lowest BCUT2D eigenvalue weighted by Gasteiger charge is -2.15. The van der Waals surface area contributed by atoms with Crippen molar-refractivity contribution in [2.45, 2.75) is 26.9 Å². The molecule has 1 aromatic carbocycles. The molecule has 0 aliphatic heterocycles. The van der Waals surface area contributed by atoms with Crippen LogP contribution >= 0.6 is 11.3 Å². The molecule has 2 heterocycles. The number of amides is 1. The molecule has 146 valence electrons. The van der Waals surface area contributed by atoms with Crippen LogP contribution in [0.4, 0.5) is 0 Å². The summed E-state index contributed by atoms with van der Waals surface area (Å²) >= 11 is 1.54. The second-order valence-corrected chi connectivity index (χ2v) is 7.33. The molecule has 7 heteroatoms. The SMILES string of the molecule is CCN(CC)Cc1csc(CNC(=O)/C=C/c2cc3ccccc3[nH]c2=O)n1. The highest BCUT2D eigenvalue weighted by molar-refractivity contribution is 7.09. The van der Waals surface area contributed by atoms with Crippen LogP contribution in [0.5, 0.6) is 0 Å². The molecule has 0 spiro atoms. The number of benzene rings is 1. The maximum Gasteiger partial charge on any atom is 0.255 e. The van der Waals surface area contributed by atoms with Crippen molar-refractivity contribution >= 4 is 34.2 Å². The fourth-order valence-electron chi connectivity index (χ4n) is 2.85. The quantitative estimate of drug-likeness (QED) is 0.574. The van der Waals surface area contributed by atoms with Crippen LogP contribution in [0.25, 0.3) is 17.0 Å². The number of H-pyrrole nitrogens is 1. The zero-order valence-corrected chi connectivity index (χ0v) is 16.9. The molecule has 2 N–H and O–H groups in total. The van der Waals surface area contributed by atoms with Crippen molar-refractivity contribution in [2.75, 3.05) is 13.1 Å². The van der Waals surface area contributed by atoms with Crippen molar-refractivity contribution < 1.29 is 4.79 Å². The molecule has 0 aliphatic carbocycles. The third-order valence-electron chi connectivity index (χ3n) is 4.49. The van der Waals surface area contributed by atoms with E-state index in [1.807, 2.05) is 29.6 Å². The van der Waals surface area contributed by atoms with Crippen molar-refractivity contribution in [2.24, 2.45) is 0 Å². The zero-order valence-electron chi connectivity index (χ0n) is 16.1. The Kier molecular flexibility index (Phi) is 6.73. The third kappa shape index (κ3) is 5.15. The van der Waals surface area contributed by atoms with E-state index in [1.165, 1.54) is 12.2 Å². The Morgan fingerprint density at radius 3 is 2.86 bits per heavy atom. The summed E-state index contributed by atoms with van der Waals surface area (Å²) in [6, 6.07) is 9.31. The predicted molar refractivity (Wildman–Crippen MR) is 114 cm³/mol. The number of nitrogens with zero attached hydrogens (tertiary/aromatic N) is 2. The molecule has 2 aromatic heterocycles. The van der Waals surface area contributed by atoms with Crippen LogP contribution in [0.15, 0.2) is 46.6 Å². The lowest BCUT2D eigenvalue weighted by molar-refractivity contribution is -0.116. The molecule has 3 aromatic rings. The second-order valence-electron chi connectivity index (χ2n) is 6.39. The molecular weight excluding hydrogens is 372 g/mol. The van der Waals surface area contributed by atoms with Gasteiger partial charge in [0.05, 0.1) is 12.2 Å². The van der Waals surface area contributed by atoms with Gasteiger partial charge < -0.3 is 10.3 Å². The minimum atomic E-state index is -0.256. The lowest BCUT2D eigenvalue weighted by atomic mass is 10.1. The van der Waals surface area contributed by atoms with Crippen molar-refractivity contribution in [1.29, 1.82) is 0 Å². The first kappa shape index (κ1) is 20.0. The van der Waals surface area contributed by atoms with E-state index in [1.54, 1.807) is 17.4 Å². The van der Waals surface area contributed by atoms with Crippen LogP contribution in [0.2, 0.25) is 0 Å². The van der Waals surface area contributed by atoms with Crippen molar-refractivity contribution in [1.82, 2.24) is 20.2 Å². The van der Waals surface area contributed by atoms with E-state index in [0.29, 0.717) is 12.1 Å². The molecule has 0 radical (unpaired) electrons. The molecule has 6 nitrogen and oxygen atoms in total. The van der Waals surface area contributed by atoms with Crippen molar-refractivity contribution in [3.05, 3.63) is 68.4 Å². The summed E-state index contributed by atoms with van der Waals surface area (Å²) < 4.78 is 0. The summed E-state index contributed by atoms with van der Waals surface area (Å²) in [6.45, 7) is 7.42. The van der Waals surface area contributed by atoms with Crippen LogP contribution in [0, 0.1) is 0 Å². The van der Waals surface area contributed by atoms with E-state index in [2.05, 4.69) is 34.0 Å². The van der Waals surface area contributed by atoms with Crippen LogP contribution in [-0.2, 0) is 17.9 Å². The van der Waals surface area contributed by atoms with Gasteiger partial charge in [-0.2, -0.15) is 0 Å². The summed E-state index contributed by atoms with van der Waals surface area (Å²) in [4.78, 5) is 33.9. The van der Waals surface area contributed by atoms with Gasteiger partial charge in [0.25, 0.3) is 5.56 Å². The Bertz CT molecular complexity index is 1030. The number of pyridine rings is 1. The van der Waals surface area contributed by atoms with E-state index in [4.69, 9.17) is 0 Å². The summed E-state index contributed by atoms with van der Waals surface area (Å²) in [5, 5.41) is 6.64. The summed E-state index contributed by atoms with van der Waals surface area (Å²) in [6.07, 6.45) is 2.91. The molecular formula is C21H24N4O2S. The number of carbonyl (C=O) groups excluding carboxylic acids is 1. The van der Waals surface area contributed by atoms with Gasteiger partial charge in [-0.1, -0.05) is 32.0 Å². The van der Waals surface area contributed by atoms with Crippen molar-refractivity contribution in [3.63, 3.8) is 0 Å². The van der Waals surface area contributed by atoms with Gasteiger partial charge in [0.2, 0.25) is 5.91 Å². The first-order chi connectivity index (χ1) is 13.6. The molecule has 0 atom stereocenters. The summed E-state index contributed by atoms with van der Waals surface area (Å²) in [5.41, 5.74) is 2.03. The molecule has 0 unspecified atom stereocenters. The molecule has 28 heavy (non-hydrogen) atoms. The number of hydrogen-bond acceptors (Lipinski definition) is 5. The van der Waals surface area contributed by atoms with E-state index in [-0.39, 0.29) is 11.5 Å². The Morgan fingerprint density at radius 1 is 1.29 bits per heavy atom. The van der Waals surface area contributed by atoms with Crippen LogP contribution in [0.3, 0.4) is 0 Å². The lowest BCUT2D eigenvalue weighted by Crippen LogP contribution is -2.22. The maximum atomic E-state index is 12.1. The third-order valence-corrected chi connectivity index (χ3v) is 5.39. The van der Waals surface area contributed by atoms with Gasteiger partial charge in [0.15, 0.2) is 0 Å². The predicted octanol–water partition coefficient (Wildman–Crippen LogP) is 3.16. The first-order valence-corrected chi connectivity index (χ1v) is 10.2. The molecule has 0 fully saturated rings. The number of fused-ring (bicyclic) bond motifs is 1. The molecule has 0 saturated carbocycles. The fraction of sp³-hybridized carbons (Fsp3) is 0.286. The standard InChI is InChI=1S/C21H24N4O2S/c1-3-25(4-2)13-17-14-28-20(23-17)12-22-19(26)10-9-16-11-15-7-5-6-8-18(15)24-21(16)27/h5-11,14H,3-4,12-13H2,1-2H3,(H,22,26)(H,24,27)/b10-9+. The zero-order chi connectivity index (χ0) is 19.9. The number of para-hydroxylation sites is 1. The highest BCUT2D eigenvalue weighted by Crippen LogP contribution is 2.12. The number of aromatic nitrogens is 2. The molecule has 0 aliphatic rings. The Morgan fingerprint density at radius 2 is 2.07 bits per heavy atom. The average Bonchev–Trinajstić information content (AvgIpc) is 3.16. The maximum absolute atomic E-state index is 12.1. The van der Waals surface area contributed by atoms with Gasteiger partial charge in [-0.3, -0.25) is 14.5 Å². The second kappa shape index (κ2) is 9.43. The monoisotopic (exact) mass is 396 g/mol. The highest BCUT2D eigenvalue weighted by Gasteiger charge is 2.07. The smallest absolute Gasteiger partial charge is 0.255 e. The number of aromatic amines is 1. The summed E-state index contributed by atoms with van der Waals surface area (Å²) in [5.74, 6) is -0.256. The minimum Gasteiger partial charge on any atom is -0.346 e. The largest absolute Gasteiger partial charge is 0.346 e. The van der Waals surface area contributed by atoms with Crippen LogP contribution in [0.1, 0.15) is 30.1 Å². The van der Waals surface area contributed by atoms with E-state index >= 15 is 0 Å². The number of thiazole rings is 1. The number of rotatable bonds is 8. The Hall–Kier alpha value is -2.77. The molecule has 3 rings (SSSR count). The topological polar surface area (TPSA) is 78.1 Å². The Labute approximate surface area is 167 Å². The fourth-order valence-corrected chi connectivity index (χ4v) is 3.58. The average molecular weight is 397 g/mol.